The van der Waals surface area contributed by atoms with Crippen LogP contribution in [0.25, 0.3) is 0 Å². The van der Waals surface area contributed by atoms with E-state index >= 15 is 0 Å². The highest BCUT2D eigenvalue weighted by Crippen LogP contribution is 2.26. The van der Waals surface area contributed by atoms with Crippen molar-refractivity contribution in [1.29, 1.82) is 0 Å². The summed E-state index contributed by atoms with van der Waals surface area (Å²) >= 11 is 0. The van der Waals surface area contributed by atoms with E-state index in [2.05, 4.69) is 42.9 Å². The lowest BCUT2D eigenvalue weighted by atomic mass is 9.87. The summed E-state index contributed by atoms with van der Waals surface area (Å²) in [6.45, 7) is 8.10. The van der Waals surface area contributed by atoms with Gasteiger partial charge >= 0.3 is 0 Å². The first-order valence-corrected chi connectivity index (χ1v) is 7.41. The minimum absolute atomic E-state index is 0.120. The van der Waals surface area contributed by atoms with Gasteiger partial charge in [-0.2, -0.15) is 0 Å². The average Bonchev–Trinajstić information content (AvgIpc) is 2.38. The summed E-state index contributed by atoms with van der Waals surface area (Å²) in [5.74, 6) is 0. The fourth-order valence-corrected chi connectivity index (χ4v) is 2.90. The zero-order valence-electron chi connectivity index (χ0n) is 12.9. The molecule has 3 nitrogen and oxygen atoms in total. The van der Waals surface area contributed by atoms with Crippen molar-refractivity contribution in [2.75, 3.05) is 13.6 Å². The number of pyridine rings is 1. The monoisotopic (exact) mass is 263 g/mol. The van der Waals surface area contributed by atoms with E-state index in [0.717, 1.165) is 37.3 Å². The van der Waals surface area contributed by atoms with Gasteiger partial charge < -0.3 is 5.73 Å². The van der Waals surface area contributed by atoms with Crippen molar-refractivity contribution >= 4 is 0 Å². The molecule has 0 aliphatic rings. The van der Waals surface area contributed by atoms with Gasteiger partial charge in [0.2, 0.25) is 0 Å². The first-order chi connectivity index (χ1) is 9.07. The average molecular weight is 263 g/mol. The van der Waals surface area contributed by atoms with E-state index in [4.69, 9.17) is 5.73 Å². The van der Waals surface area contributed by atoms with E-state index in [1.54, 1.807) is 0 Å². The quantitative estimate of drug-likeness (QED) is 0.783. The molecule has 0 aliphatic carbocycles. The second kappa shape index (κ2) is 7.61. The summed E-state index contributed by atoms with van der Waals surface area (Å²) in [6.07, 6.45) is 4.64. The van der Waals surface area contributed by atoms with Gasteiger partial charge in [0.25, 0.3) is 0 Å². The summed E-state index contributed by atoms with van der Waals surface area (Å²) in [7, 11) is 2.18. The molecule has 1 rings (SSSR count). The number of rotatable bonds is 8. The number of hydrogen-bond acceptors (Lipinski definition) is 3. The zero-order chi connectivity index (χ0) is 14.3. The third-order valence-electron chi connectivity index (χ3n) is 3.97. The molecule has 0 unspecified atom stereocenters. The maximum Gasteiger partial charge on any atom is 0.0547 e. The van der Waals surface area contributed by atoms with Crippen LogP contribution in [0.3, 0.4) is 0 Å². The molecular formula is C16H29N3. The maximum absolute atomic E-state index is 6.10. The third kappa shape index (κ3) is 4.29. The van der Waals surface area contributed by atoms with Crippen LogP contribution < -0.4 is 5.73 Å². The van der Waals surface area contributed by atoms with Gasteiger partial charge in [0.15, 0.2) is 0 Å². The molecule has 19 heavy (non-hydrogen) atoms. The van der Waals surface area contributed by atoms with Crippen LogP contribution in [-0.2, 0) is 6.54 Å². The normalized spacial score (nSPS) is 12.1. The lowest BCUT2D eigenvalue weighted by Gasteiger charge is -2.41. The Balaban J connectivity index is 2.84. The fourth-order valence-electron chi connectivity index (χ4n) is 2.90. The van der Waals surface area contributed by atoms with Gasteiger partial charge in [-0.15, -0.1) is 0 Å². The van der Waals surface area contributed by atoms with Crippen molar-refractivity contribution in [1.82, 2.24) is 9.88 Å². The van der Waals surface area contributed by atoms with E-state index < -0.39 is 0 Å². The van der Waals surface area contributed by atoms with Crippen LogP contribution in [0.4, 0.5) is 0 Å². The molecule has 108 valence electrons. The van der Waals surface area contributed by atoms with Crippen LogP contribution in [0.15, 0.2) is 18.2 Å². The molecule has 0 atom stereocenters. The van der Waals surface area contributed by atoms with Gasteiger partial charge in [-0.1, -0.05) is 32.8 Å². The number of nitrogens with zero attached hydrogens (tertiary/aromatic N) is 2. The van der Waals surface area contributed by atoms with Crippen LogP contribution in [-0.4, -0.2) is 29.0 Å². The summed E-state index contributed by atoms with van der Waals surface area (Å²) in [4.78, 5) is 7.00. The van der Waals surface area contributed by atoms with E-state index in [1.165, 1.54) is 12.8 Å². The van der Waals surface area contributed by atoms with Crippen molar-refractivity contribution in [2.24, 2.45) is 5.73 Å². The first-order valence-electron chi connectivity index (χ1n) is 7.41. The van der Waals surface area contributed by atoms with Gasteiger partial charge in [-0.25, -0.2) is 0 Å². The van der Waals surface area contributed by atoms with Gasteiger partial charge in [0.1, 0.15) is 0 Å². The Morgan fingerprint density at radius 1 is 1.21 bits per heavy atom. The van der Waals surface area contributed by atoms with Gasteiger partial charge in [0, 0.05) is 24.3 Å². The highest BCUT2D eigenvalue weighted by Gasteiger charge is 2.31. The predicted octanol–water partition coefficient (Wildman–Crippen LogP) is 3.12. The van der Waals surface area contributed by atoms with Crippen LogP contribution in [0.1, 0.15) is 50.9 Å². The van der Waals surface area contributed by atoms with Crippen LogP contribution in [0.2, 0.25) is 0 Å². The lowest BCUT2D eigenvalue weighted by Crippen LogP contribution is -2.51. The second-order valence-electron chi connectivity index (χ2n) is 5.55. The van der Waals surface area contributed by atoms with Crippen molar-refractivity contribution in [2.45, 2.75) is 58.5 Å². The van der Waals surface area contributed by atoms with E-state index in [-0.39, 0.29) is 5.54 Å². The molecule has 1 aromatic rings. The van der Waals surface area contributed by atoms with Crippen LogP contribution in [0, 0.1) is 6.92 Å². The Bertz CT molecular complexity index is 370. The molecule has 0 radical (unpaired) electrons. The molecule has 1 aromatic heterocycles. The smallest absolute Gasteiger partial charge is 0.0547 e. The molecule has 0 aliphatic heterocycles. The van der Waals surface area contributed by atoms with E-state index in [1.807, 2.05) is 13.0 Å². The molecule has 1 heterocycles. The Morgan fingerprint density at radius 3 is 2.32 bits per heavy atom. The van der Waals surface area contributed by atoms with Gasteiger partial charge in [-0.05, 0) is 38.9 Å². The minimum Gasteiger partial charge on any atom is -0.329 e. The summed E-state index contributed by atoms with van der Waals surface area (Å²) in [6, 6.07) is 6.22. The van der Waals surface area contributed by atoms with Crippen LogP contribution >= 0.6 is 0 Å². The minimum atomic E-state index is 0.120. The topological polar surface area (TPSA) is 42.1 Å². The molecule has 0 bridgehead atoms. The maximum atomic E-state index is 6.10. The fraction of sp³-hybridized carbons (Fsp3) is 0.688. The third-order valence-corrected chi connectivity index (χ3v) is 3.97. The number of likely N-dealkylation sites (N-methyl/N-ethyl adjacent to an activating group) is 1. The Kier molecular flexibility index (Phi) is 6.46. The largest absolute Gasteiger partial charge is 0.329 e. The number of nitrogens with two attached hydrogens (primary N) is 1. The number of aromatic nitrogens is 1. The standard InChI is InChI=1S/C16H29N3/c1-5-10-16(13-17,11-6-2)19(4)12-15-9-7-8-14(3)18-15/h7-9H,5-6,10-13,17H2,1-4H3. The molecule has 0 aromatic carbocycles. The van der Waals surface area contributed by atoms with Gasteiger partial charge in [-0.3, -0.25) is 9.88 Å². The summed E-state index contributed by atoms with van der Waals surface area (Å²) in [5.41, 5.74) is 8.43. The highest BCUT2D eigenvalue weighted by molar-refractivity contribution is 5.10. The molecule has 2 N–H and O–H groups in total. The van der Waals surface area contributed by atoms with Crippen molar-refractivity contribution in [3.05, 3.63) is 29.6 Å². The van der Waals surface area contributed by atoms with Crippen molar-refractivity contribution in [3.8, 4) is 0 Å². The Labute approximate surface area is 118 Å². The molecular weight excluding hydrogens is 234 g/mol. The molecule has 0 fully saturated rings. The van der Waals surface area contributed by atoms with Crippen molar-refractivity contribution in [3.63, 3.8) is 0 Å². The summed E-state index contributed by atoms with van der Waals surface area (Å²) in [5, 5.41) is 0. The summed E-state index contributed by atoms with van der Waals surface area (Å²) < 4.78 is 0. The number of aryl methyl sites for hydroxylation is 1. The van der Waals surface area contributed by atoms with Crippen molar-refractivity contribution < 1.29 is 0 Å². The van der Waals surface area contributed by atoms with Crippen LogP contribution in [0.5, 0.6) is 0 Å². The Morgan fingerprint density at radius 2 is 1.84 bits per heavy atom. The van der Waals surface area contributed by atoms with E-state index in [0.29, 0.717) is 0 Å². The molecule has 3 heteroatoms. The molecule has 0 amide bonds. The Hall–Kier alpha value is -0.930. The number of hydrogen-bond donors (Lipinski definition) is 1. The van der Waals surface area contributed by atoms with E-state index in [9.17, 15) is 0 Å². The zero-order valence-corrected chi connectivity index (χ0v) is 12.9. The highest BCUT2D eigenvalue weighted by atomic mass is 15.2. The van der Waals surface area contributed by atoms with Gasteiger partial charge in [0.05, 0.1) is 5.69 Å². The second-order valence-corrected chi connectivity index (χ2v) is 5.55. The predicted molar refractivity (Wildman–Crippen MR) is 82.0 cm³/mol. The lowest BCUT2D eigenvalue weighted by molar-refractivity contribution is 0.0942. The molecule has 0 spiro atoms. The SMILES string of the molecule is CCCC(CN)(CCC)N(C)Cc1cccc(C)n1. The molecule has 0 saturated heterocycles. The first kappa shape index (κ1) is 16.1. The molecule has 0 saturated carbocycles.